The lowest BCUT2D eigenvalue weighted by Gasteiger charge is -2.11. The zero-order chi connectivity index (χ0) is 15.2. The highest BCUT2D eigenvalue weighted by atomic mass is 32.2. The third-order valence-electron chi connectivity index (χ3n) is 2.55. The minimum Gasteiger partial charge on any atom is -0.491 e. The molecule has 0 saturated heterocycles. The lowest BCUT2D eigenvalue weighted by Crippen LogP contribution is -2.20. The quantitative estimate of drug-likeness (QED) is 0.466. The van der Waals surface area contributed by atoms with Gasteiger partial charge >= 0.3 is 0 Å². The topological polar surface area (TPSA) is 103 Å². The lowest BCUT2D eigenvalue weighted by atomic mass is 10.3. The lowest BCUT2D eigenvalue weighted by molar-refractivity contribution is -0.384. The number of nitrogens with zero attached hydrogens (tertiary/aromatic N) is 4. The van der Waals surface area contributed by atoms with Crippen LogP contribution in [-0.2, 0) is 7.05 Å². The number of nitro groups is 1. The molecule has 1 aromatic carbocycles. The SMILES string of the molecule is Cn1cnnc1SCC(O)COc1cccc([N+](=O)[O-])c1. The predicted molar refractivity (Wildman–Crippen MR) is 76.3 cm³/mol. The van der Waals surface area contributed by atoms with Crippen LogP contribution in [0.1, 0.15) is 0 Å². The van der Waals surface area contributed by atoms with Crippen LogP contribution in [0.2, 0.25) is 0 Å². The number of hydrogen-bond acceptors (Lipinski definition) is 7. The van der Waals surface area contributed by atoms with E-state index >= 15 is 0 Å². The van der Waals surface area contributed by atoms with Crippen LogP contribution in [0.25, 0.3) is 0 Å². The zero-order valence-corrected chi connectivity index (χ0v) is 12.1. The van der Waals surface area contributed by atoms with Gasteiger partial charge in [0.2, 0.25) is 0 Å². The minimum absolute atomic E-state index is 0.0459. The predicted octanol–water partition coefficient (Wildman–Crippen LogP) is 1.26. The largest absolute Gasteiger partial charge is 0.491 e. The Morgan fingerprint density at radius 1 is 1.57 bits per heavy atom. The van der Waals surface area contributed by atoms with Gasteiger partial charge < -0.3 is 14.4 Å². The van der Waals surface area contributed by atoms with Crippen LogP contribution in [-0.4, -0.2) is 43.3 Å². The van der Waals surface area contributed by atoms with Gasteiger partial charge in [-0.05, 0) is 6.07 Å². The molecule has 0 saturated carbocycles. The molecule has 2 rings (SSSR count). The maximum Gasteiger partial charge on any atom is 0.273 e. The first-order valence-corrected chi connectivity index (χ1v) is 7.07. The summed E-state index contributed by atoms with van der Waals surface area (Å²) in [7, 11) is 1.81. The highest BCUT2D eigenvalue weighted by Gasteiger charge is 2.11. The van der Waals surface area contributed by atoms with Crippen LogP contribution >= 0.6 is 11.8 Å². The number of thioether (sulfide) groups is 1. The summed E-state index contributed by atoms with van der Waals surface area (Å²) in [6.07, 6.45) is 0.861. The van der Waals surface area contributed by atoms with Gasteiger partial charge in [0.1, 0.15) is 18.7 Å². The van der Waals surface area contributed by atoms with E-state index in [1.807, 2.05) is 7.05 Å². The molecule has 112 valence electrons. The molecule has 1 N–H and O–H groups in total. The Labute approximate surface area is 124 Å². The molecule has 21 heavy (non-hydrogen) atoms. The Bertz CT molecular complexity index is 619. The summed E-state index contributed by atoms with van der Waals surface area (Å²) in [5, 5.41) is 28.8. The number of benzene rings is 1. The second-order valence-corrected chi connectivity index (χ2v) is 5.24. The summed E-state index contributed by atoms with van der Waals surface area (Å²) in [6, 6.07) is 5.85. The summed E-state index contributed by atoms with van der Waals surface area (Å²) < 4.78 is 7.10. The van der Waals surface area contributed by atoms with Gasteiger partial charge in [0, 0.05) is 18.9 Å². The summed E-state index contributed by atoms with van der Waals surface area (Å²) in [4.78, 5) is 10.1. The van der Waals surface area contributed by atoms with Gasteiger partial charge in [-0.2, -0.15) is 0 Å². The number of non-ortho nitro benzene ring substituents is 1. The number of hydrogen-bond donors (Lipinski definition) is 1. The number of aryl methyl sites for hydroxylation is 1. The van der Waals surface area contributed by atoms with Crippen molar-refractivity contribution in [1.29, 1.82) is 0 Å². The summed E-state index contributed by atoms with van der Waals surface area (Å²) >= 11 is 1.36. The van der Waals surface area contributed by atoms with E-state index in [1.165, 1.54) is 30.0 Å². The number of aromatic nitrogens is 3. The van der Waals surface area contributed by atoms with Gasteiger partial charge in [-0.3, -0.25) is 10.1 Å². The first-order chi connectivity index (χ1) is 10.1. The van der Waals surface area contributed by atoms with Crippen LogP contribution in [0, 0.1) is 10.1 Å². The molecule has 0 bridgehead atoms. The molecule has 0 spiro atoms. The van der Waals surface area contributed by atoms with E-state index in [1.54, 1.807) is 17.0 Å². The van der Waals surface area contributed by atoms with E-state index in [-0.39, 0.29) is 12.3 Å². The molecule has 1 atom stereocenters. The van der Waals surface area contributed by atoms with E-state index in [0.29, 0.717) is 16.7 Å². The van der Waals surface area contributed by atoms with Crippen molar-refractivity contribution < 1.29 is 14.8 Å². The van der Waals surface area contributed by atoms with Crippen molar-refractivity contribution in [2.45, 2.75) is 11.3 Å². The number of ether oxygens (including phenoxy) is 1. The molecule has 8 nitrogen and oxygen atoms in total. The molecule has 1 aromatic heterocycles. The van der Waals surface area contributed by atoms with Gasteiger partial charge in [-0.25, -0.2) is 0 Å². The highest BCUT2D eigenvalue weighted by molar-refractivity contribution is 7.99. The Morgan fingerprint density at radius 3 is 3.05 bits per heavy atom. The van der Waals surface area contributed by atoms with E-state index < -0.39 is 11.0 Å². The molecular weight excluding hydrogens is 296 g/mol. The fourth-order valence-electron chi connectivity index (χ4n) is 1.50. The molecule has 1 unspecified atom stereocenters. The van der Waals surface area contributed by atoms with Gasteiger partial charge in [0.15, 0.2) is 5.16 Å². The Morgan fingerprint density at radius 2 is 2.38 bits per heavy atom. The van der Waals surface area contributed by atoms with Crippen molar-refractivity contribution >= 4 is 17.4 Å². The summed E-state index contributed by atoms with van der Waals surface area (Å²) in [6.45, 7) is 0.0476. The minimum atomic E-state index is -0.717. The van der Waals surface area contributed by atoms with Crippen molar-refractivity contribution in [2.24, 2.45) is 7.05 Å². The normalized spacial score (nSPS) is 12.1. The maximum atomic E-state index is 10.6. The summed E-state index contributed by atoms with van der Waals surface area (Å²) in [5.41, 5.74) is -0.0459. The van der Waals surface area contributed by atoms with Gasteiger partial charge in [0.25, 0.3) is 5.69 Å². The molecule has 0 aliphatic rings. The third kappa shape index (κ3) is 4.43. The molecule has 0 aliphatic carbocycles. The van der Waals surface area contributed by atoms with E-state index in [9.17, 15) is 15.2 Å². The zero-order valence-electron chi connectivity index (χ0n) is 11.2. The van der Waals surface area contributed by atoms with E-state index in [2.05, 4.69) is 10.2 Å². The monoisotopic (exact) mass is 310 g/mol. The molecular formula is C12H14N4O4S. The smallest absolute Gasteiger partial charge is 0.273 e. The fraction of sp³-hybridized carbons (Fsp3) is 0.333. The number of rotatable bonds is 7. The number of nitro benzene ring substituents is 1. The van der Waals surface area contributed by atoms with Crippen molar-refractivity contribution in [1.82, 2.24) is 14.8 Å². The fourth-order valence-corrected chi connectivity index (χ4v) is 2.29. The van der Waals surface area contributed by atoms with Crippen molar-refractivity contribution in [3.05, 3.63) is 40.7 Å². The highest BCUT2D eigenvalue weighted by Crippen LogP contribution is 2.20. The molecule has 2 aromatic rings. The standard InChI is InChI=1S/C12H14N4O4S/c1-15-8-13-14-12(15)21-7-10(17)6-20-11-4-2-3-9(5-11)16(18)19/h2-5,8,10,17H,6-7H2,1H3. The average molecular weight is 310 g/mol. The number of aliphatic hydroxyl groups is 1. The van der Waals surface area contributed by atoms with E-state index in [0.717, 1.165) is 0 Å². The molecule has 0 amide bonds. The maximum absolute atomic E-state index is 10.6. The average Bonchev–Trinajstić information content (AvgIpc) is 2.88. The first-order valence-electron chi connectivity index (χ1n) is 6.08. The summed E-state index contributed by atoms with van der Waals surface area (Å²) in [5.74, 6) is 0.744. The van der Waals surface area contributed by atoms with Gasteiger partial charge in [-0.15, -0.1) is 10.2 Å². The van der Waals surface area contributed by atoms with Crippen LogP contribution in [0.15, 0.2) is 35.7 Å². The Hall–Kier alpha value is -2.13. The Kier molecular flexibility index (Phi) is 5.12. The van der Waals surface area contributed by atoms with Gasteiger partial charge in [-0.1, -0.05) is 17.8 Å². The third-order valence-corrected chi connectivity index (χ3v) is 3.72. The molecule has 9 heteroatoms. The van der Waals surface area contributed by atoms with Crippen molar-refractivity contribution in [3.63, 3.8) is 0 Å². The van der Waals surface area contributed by atoms with Crippen molar-refractivity contribution in [3.8, 4) is 5.75 Å². The first kappa shape index (κ1) is 15.3. The van der Waals surface area contributed by atoms with Crippen LogP contribution in [0.3, 0.4) is 0 Å². The number of aliphatic hydroxyl groups excluding tert-OH is 1. The molecule has 0 fully saturated rings. The van der Waals surface area contributed by atoms with E-state index in [4.69, 9.17) is 4.74 Å². The molecule has 0 aliphatic heterocycles. The van der Waals surface area contributed by atoms with Crippen molar-refractivity contribution in [2.75, 3.05) is 12.4 Å². The second-order valence-electron chi connectivity index (χ2n) is 4.25. The van der Waals surface area contributed by atoms with Crippen LogP contribution < -0.4 is 4.74 Å². The molecule has 1 heterocycles. The Balaban J connectivity index is 1.81. The molecule has 0 radical (unpaired) electrons. The van der Waals surface area contributed by atoms with Crippen LogP contribution in [0.5, 0.6) is 5.75 Å². The van der Waals surface area contributed by atoms with Gasteiger partial charge in [0.05, 0.1) is 17.1 Å². The second kappa shape index (κ2) is 7.04. The van der Waals surface area contributed by atoms with Crippen LogP contribution in [0.4, 0.5) is 5.69 Å².